The molecule has 3 aromatic rings. The van der Waals surface area contributed by atoms with E-state index < -0.39 is 10.0 Å². The summed E-state index contributed by atoms with van der Waals surface area (Å²) in [7, 11) is -3.65. The number of sulfonamides is 1. The van der Waals surface area contributed by atoms with E-state index in [4.69, 9.17) is 0 Å². The minimum absolute atomic E-state index is 0.130. The summed E-state index contributed by atoms with van der Waals surface area (Å²) in [5, 5.41) is 2.93. The summed E-state index contributed by atoms with van der Waals surface area (Å²) >= 11 is 0. The highest BCUT2D eigenvalue weighted by molar-refractivity contribution is 7.92. The molecule has 0 heterocycles. The number of benzene rings is 3. The molecule has 0 aliphatic carbocycles. The molecule has 0 fully saturated rings. The van der Waals surface area contributed by atoms with Gasteiger partial charge < -0.3 is 5.32 Å². The van der Waals surface area contributed by atoms with Gasteiger partial charge in [-0.15, -0.1) is 0 Å². The Hall–Kier alpha value is -3.12. The molecule has 0 unspecified atom stereocenters. The summed E-state index contributed by atoms with van der Waals surface area (Å²) in [6.07, 6.45) is 0. The van der Waals surface area contributed by atoms with Crippen LogP contribution in [0, 0.1) is 0 Å². The normalized spacial score (nSPS) is 12.2. The summed E-state index contributed by atoms with van der Waals surface area (Å²) < 4.78 is 27.2. The van der Waals surface area contributed by atoms with Crippen LogP contribution >= 0.6 is 0 Å². The Kier molecular flexibility index (Phi) is 5.57. The topological polar surface area (TPSA) is 75.3 Å². The first-order valence-corrected chi connectivity index (χ1v) is 9.98. The molecule has 27 heavy (non-hydrogen) atoms. The van der Waals surface area contributed by atoms with Crippen LogP contribution in [0.2, 0.25) is 0 Å². The van der Waals surface area contributed by atoms with E-state index in [-0.39, 0.29) is 16.8 Å². The smallest absolute Gasteiger partial charge is 0.261 e. The van der Waals surface area contributed by atoms with Gasteiger partial charge in [-0.25, -0.2) is 8.42 Å². The molecule has 1 atom stereocenters. The number of anilines is 1. The lowest BCUT2D eigenvalue weighted by Crippen LogP contribution is -2.26. The van der Waals surface area contributed by atoms with Crippen LogP contribution in [-0.2, 0) is 10.0 Å². The third kappa shape index (κ3) is 4.74. The van der Waals surface area contributed by atoms with Crippen LogP contribution < -0.4 is 10.0 Å². The van der Waals surface area contributed by atoms with Crippen LogP contribution in [0.4, 0.5) is 5.69 Å². The molecule has 0 aliphatic rings. The minimum Gasteiger partial charge on any atom is -0.346 e. The zero-order chi connectivity index (χ0) is 19.3. The fourth-order valence-electron chi connectivity index (χ4n) is 2.61. The van der Waals surface area contributed by atoms with Crippen LogP contribution in [-0.4, -0.2) is 14.3 Å². The Morgan fingerprint density at radius 2 is 1.37 bits per heavy atom. The molecule has 0 saturated heterocycles. The zero-order valence-corrected chi connectivity index (χ0v) is 15.6. The lowest BCUT2D eigenvalue weighted by atomic mass is 10.1. The van der Waals surface area contributed by atoms with Crippen LogP contribution in [0.15, 0.2) is 89.8 Å². The molecule has 3 aromatic carbocycles. The molecule has 2 N–H and O–H groups in total. The number of amides is 1. The molecule has 0 bridgehead atoms. The molecule has 1 amide bonds. The zero-order valence-electron chi connectivity index (χ0n) is 14.8. The molecule has 138 valence electrons. The molecule has 0 aliphatic heterocycles. The molecule has 0 aromatic heterocycles. The van der Waals surface area contributed by atoms with Crippen LogP contribution in [0.1, 0.15) is 28.9 Å². The maximum absolute atomic E-state index is 12.4. The summed E-state index contributed by atoms with van der Waals surface area (Å²) in [4.78, 5) is 12.6. The second kappa shape index (κ2) is 8.05. The van der Waals surface area contributed by atoms with E-state index in [9.17, 15) is 13.2 Å². The third-order valence-corrected chi connectivity index (χ3v) is 5.50. The van der Waals surface area contributed by atoms with Crippen molar-refractivity contribution in [2.24, 2.45) is 0 Å². The molecule has 3 rings (SSSR count). The standard InChI is InChI=1S/C21H20N2O3S/c1-16(17-8-4-2-5-9-17)22-21(24)18-12-14-19(15-13-18)23-27(25,26)20-10-6-3-7-11-20/h2-16,23H,1H3,(H,22,24)/t16-/m0/s1. The van der Waals surface area contributed by atoms with Crippen molar-refractivity contribution in [1.29, 1.82) is 0 Å². The van der Waals surface area contributed by atoms with E-state index in [1.54, 1.807) is 42.5 Å². The van der Waals surface area contributed by atoms with Gasteiger partial charge in [0.1, 0.15) is 0 Å². The van der Waals surface area contributed by atoms with Crippen LogP contribution in [0.25, 0.3) is 0 Å². The Morgan fingerprint density at radius 1 is 0.815 bits per heavy atom. The number of rotatable bonds is 6. The summed E-state index contributed by atoms with van der Waals surface area (Å²) in [5.74, 6) is -0.219. The van der Waals surface area contributed by atoms with Gasteiger partial charge >= 0.3 is 0 Å². The Labute approximate surface area is 159 Å². The van der Waals surface area contributed by atoms with Crippen molar-refractivity contribution in [2.75, 3.05) is 4.72 Å². The SMILES string of the molecule is C[C@H](NC(=O)c1ccc(NS(=O)(=O)c2ccccc2)cc1)c1ccccc1. The molecule has 0 spiro atoms. The summed E-state index contributed by atoms with van der Waals surface area (Å²) in [6, 6.07) is 24.0. The molecule has 0 radical (unpaired) electrons. The van der Waals surface area contributed by atoms with Crippen LogP contribution in [0.3, 0.4) is 0 Å². The van der Waals surface area contributed by atoms with Gasteiger partial charge in [0.2, 0.25) is 0 Å². The Balaban J connectivity index is 1.67. The lowest BCUT2D eigenvalue weighted by Gasteiger charge is -2.14. The van der Waals surface area contributed by atoms with Crippen molar-refractivity contribution in [3.05, 3.63) is 96.1 Å². The minimum atomic E-state index is -3.65. The monoisotopic (exact) mass is 380 g/mol. The average molecular weight is 380 g/mol. The van der Waals surface area contributed by atoms with Gasteiger partial charge in [0.15, 0.2) is 0 Å². The first-order valence-electron chi connectivity index (χ1n) is 8.49. The van der Waals surface area contributed by atoms with E-state index in [1.165, 1.54) is 12.1 Å². The van der Waals surface area contributed by atoms with Gasteiger partial charge in [-0.1, -0.05) is 48.5 Å². The molecular formula is C21H20N2O3S. The number of carbonyl (C=O) groups is 1. The quantitative estimate of drug-likeness (QED) is 0.679. The maximum atomic E-state index is 12.4. The number of nitrogens with one attached hydrogen (secondary N) is 2. The second-order valence-electron chi connectivity index (χ2n) is 6.10. The first kappa shape index (κ1) is 18.7. The van der Waals surface area contributed by atoms with Gasteiger partial charge in [0, 0.05) is 11.3 Å². The van der Waals surface area contributed by atoms with E-state index in [0.717, 1.165) is 5.56 Å². The van der Waals surface area contributed by atoms with Crippen molar-refractivity contribution in [1.82, 2.24) is 5.32 Å². The highest BCUT2D eigenvalue weighted by atomic mass is 32.2. The van der Waals surface area contributed by atoms with Crippen molar-refractivity contribution < 1.29 is 13.2 Å². The average Bonchev–Trinajstić information content (AvgIpc) is 2.69. The highest BCUT2D eigenvalue weighted by Crippen LogP contribution is 2.17. The predicted octanol–water partition coefficient (Wildman–Crippen LogP) is 3.98. The van der Waals surface area contributed by atoms with E-state index in [2.05, 4.69) is 10.0 Å². The fraction of sp³-hybridized carbons (Fsp3) is 0.0952. The summed E-state index contributed by atoms with van der Waals surface area (Å²) in [6.45, 7) is 1.91. The fourth-order valence-corrected chi connectivity index (χ4v) is 3.69. The third-order valence-electron chi connectivity index (χ3n) is 4.10. The molecule has 5 nitrogen and oxygen atoms in total. The van der Waals surface area contributed by atoms with Crippen molar-refractivity contribution in [3.8, 4) is 0 Å². The molecule has 0 saturated carbocycles. The highest BCUT2D eigenvalue weighted by Gasteiger charge is 2.15. The van der Waals surface area contributed by atoms with Gasteiger partial charge in [-0.05, 0) is 48.9 Å². The van der Waals surface area contributed by atoms with Gasteiger partial charge in [0.25, 0.3) is 15.9 Å². The second-order valence-corrected chi connectivity index (χ2v) is 7.78. The molecule has 6 heteroatoms. The Morgan fingerprint density at radius 3 is 1.96 bits per heavy atom. The molecular weight excluding hydrogens is 360 g/mol. The van der Waals surface area contributed by atoms with Crippen molar-refractivity contribution in [2.45, 2.75) is 17.9 Å². The lowest BCUT2D eigenvalue weighted by molar-refractivity contribution is 0.0940. The van der Waals surface area contributed by atoms with E-state index >= 15 is 0 Å². The van der Waals surface area contributed by atoms with Gasteiger partial charge in [-0.2, -0.15) is 0 Å². The van der Waals surface area contributed by atoms with Crippen LogP contribution in [0.5, 0.6) is 0 Å². The number of hydrogen-bond donors (Lipinski definition) is 2. The van der Waals surface area contributed by atoms with Gasteiger partial charge in [0.05, 0.1) is 10.9 Å². The number of carbonyl (C=O) groups excluding carboxylic acids is 1. The first-order chi connectivity index (χ1) is 13.0. The maximum Gasteiger partial charge on any atom is 0.261 e. The van der Waals surface area contributed by atoms with E-state index in [1.807, 2.05) is 37.3 Å². The largest absolute Gasteiger partial charge is 0.346 e. The Bertz CT molecular complexity index is 1000. The predicted molar refractivity (Wildman–Crippen MR) is 106 cm³/mol. The number of hydrogen-bond acceptors (Lipinski definition) is 3. The summed E-state index contributed by atoms with van der Waals surface area (Å²) in [5.41, 5.74) is 1.87. The van der Waals surface area contributed by atoms with E-state index in [0.29, 0.717) is 11.3 Å². The van der Waals surface area contributed by atoms with Gasteiger partial charge in [-0.3, -0.25) is 9.52 Å². The van der Waals surface area contributed by atoms with Crippen molar-refractivity contribution >= 4 is 21.6 Å². The van der Waals surface area contributed by atoms with Crippen molar-refractivity contribution in [3.63, 3.8) is 0 Å².